The van der Waals surface area contributed by atoms with Crippen LogP contribution in [0.4, 0.5) is 0 Å². The Morgan fingerprint density at radius 1 is 1.21 bits per heavy atom. The van der Waals surface area contributed by atoms with Crippen LogP contribution >= 0.6 is 11.3 Å². The number of aliphatic imine (C=N–C) groups is 1. The van der Waals surface area contributed by atoms with E-state index in [0.29, 0.717) is 0 Å². The monoisotopic (exact) mass is 344 g/mol. The van der Waals surface area contributed by atoms with Gasteiger partial charge in [-0.1, -0.05) is 45.0 Å². The summed E-state index contributed by atoms with van der Waals surface area (Å²) < 4.78 is 0. The van der Waals surface area contributed by atoms with Crippen LogP contribution in [0.15, 0.2) is 34.6 Å². The lowest BCUT2D eigenvalue weighted by atomic mass is 9.93. The van der Waals surface area contributed by atoms with E-state index in [2.05, 4.69) is 73.0 Å². The second-order valence-corrected chi connectivity index (χ2v) is 7.85. The van der Waals surface area contributed by atoms with Crippen LogP contribution in [0, 0.1) is 6.92 Å². The molecule has 5 heteroatoms. The summed E-state index contributed by atoms with van der Waals surface area (Å²) in [5.74, 6) is 0.825. The van der Waals surface area contributed by atoms with E-state index in [1.54, 1.807) is 18.4 Å². The van der Waals surface area contributed by atoms with Gasteiger partial charge in [0.05, 0.1) is 10.7 Å². The number of hydrogen-bond acceptors (Lipinski definition) is 3. The molecule has 0 atom stereocenters. The maximum Gasteiger partial charge on any atom is 0.191 e. The van der Waals surface area contributed by atoms with Crippen LogP contribution in [-0.4, -0.2) is 24.5 Å². The normalized spacial score (nSPS) is 12.3. The molecular weight excluding hydrogens is 316 g/mol. The molecule has 0 saturated heterocycles. The number of rotatable bonds is 5. The van der Waals surface area contributed by atoms with Crippen molar-refractivity contribution in [3.8, 4) is 0 Å². The van der Waals surface area contributed by atoms with Crippen molar-refractivity contribution < 1.29 is 0 Å². The van der Waals surface area contributed by atoms with Crippen LogP contribution in [0.5, 0.6) is 0 Å². The topological polar surface area (TPSA) is 49.3 Å². The molecule has 0 unspecified atom stereocenters. The Morgan fingerprint density at radius 2 is 1.96 bits per heavy atom. The third kappa shape index (κ3) is 5.34. The van der Waals surface area contributed by atoms with E-state index in [-0.39, 0.29) is 5.41 Å². The van der Waals surface area contributed by atoms with Gasteiger partial charge in [-0.3, -0.25) is 4.99 Å². The van der Waals surface area contributed by atoms with Gasteiger partial charge in [0.2, 0.25) is 0 Å². The van der Waals surface area contributed by atoms with Gasteiger partial charge in [-0.25, -0.2) is 4.98 Å². The van der Waals surface area contributed by atoms with Crippen LogP contribution < -0.4 is 10.6 Å². The maximum atomic E-state index is 4.73. The molecule has 0 amide bonds. The predicted octanol–water partition coefficient (Wildman–Crippen LogP) is 3.66. The number of aromatic nitrogens is 1. The van der Waals surface area contributed by atoms with Gasteiger partial charge < -0.3 is 10.6 Å². The van der Waals surface area contributed by atoms with Crippen molar-refractivity contribution in [3.63, 3.8) is 0 Å². The average molecular weight is 345 g/mol. The molecule has 0 radical (unpaired) electrons. The molecule has 1 aromatic carbocycles. The summed E-state index contributed by atoms with van der Waals surface area (Å²) in [7, 11) is 1.80. The first-order chi connectivity index (χ1) is 11.4. The largest absolute Gasteiger partial charge is 0.356 e. The van der Waals surface area contributed by atoms with E-state index in [0.717, 1.165) is 25.5 Å². The fraction of sp³-hybridized carbons (Fsp3) is 0.474. The van der Waals surface area contributed by atoms with E-state index in [1.165, 1.54) is 21.8 Å². The number of hydrogen-bond donors (Lipinski definition) is 2. The van der Waals surface area contributed by atoms with Gasteiger partial charge in [-0.05, 0) is 18.1 Å². The van der Waals surface area contributed by atoms with E-state index < -0.39 is 0 Å². The molecule has 24 heavy (non-hydrogen) atoms. The van der Waals surface area contributed by atoms with Crippen molar-refractivity contribution in [2.45, 2.75) is 46.1 Å². The van der Waals surface area contributed by atoms with E-state index in [1.807, 2.05) is 0 Å². The van der Waals surface area contributed by atoms with Gasteiger partial charge in [-0.2, -0.15) is 0 Å². The highest BCUT2D eigenvalue weighted by Gasteiger charge is 2.17. The lowest BCUT2D eigenvalue weighted by molar-refractivity contribution is 0.570. The third-order valence-corrected chi connectivity index (χ3v) is 4.79. The van der Waals surface area contributed by atoms with Gasteiger partial charge in [-0.15, -0.1) is 11.3 Å². The van der Waals surface area contributed by atoms with Crippen LogP contribution in [-0.2, 0) is 18.4 Å². The molecule has 1 aromatic heterocycles. The molecule has 2 rings (SSSR count). The van der Waals surface area contributed by atoms with Crippen LogP contribution in [0.1, 0.15) is 42.6 Å². The number of nitrogens with one attached hydrogen (secondary N) is 2. The Morgan fingerprint density at radius 3 is 2.58 bits per heavy atom. The predicted molar refractivity (Wildman–Crippen MR) is 104 cm³/mol. The summed E-state index contributed by atoms with van der Waals surface area (Å²) in [5.41, 5.74) is 3.87. The Hall–Kier alpha value is -1.88. The van der Waals surface area contributed by atoms with Crippen molar-refractivity contribution >= 4 is 17.3 Å². The second kappa shape index (κ2) is 8.29. The van der Waals surface area contributed by atoms with Gasteiger partial charge in [0.15, 0.2) is 5.96 Å². The van der Waals surface area contributed by atoms with Crippen LogP contribution in [0.2, 0.25) is 0 Å². The van der Waals surface area contributed by atoms with E-state index >= 15 is 0 Å². The summed E-state index contributed by atoms with van der Waals surface area (Å²) in [6, 6.07) is 8.39. The number of nitrogens with zero attached hydrogens (tertiary/aromatic N) is 2. The van der Waals surface area contributed by atoms with E-state index in [9.17, 15) is 0 Å². The summed E-state index contributed by atoms with van der Waals surface area (Å²) in [6.07, 6.45) is 0.909. The average Bonchev–Trinajstić information content (AvgIpc) is 3.01. The summed E-state index contributed by atoms with van der Waals surface area (Å²) in [4.78, 5) is 9.01. The Bertz CT molecular complexity index is 683. The Labute approximate surface area is 149 Å². The molecule has 2 aromatic rings. The molecule has 0 aliphatic heterocycles. The zero-order chi connectivity index (χ0) is 17.6. The molecule has 0 fully saturated rings. The standard InChI is InChI=1S/C19H28N4S/c1-14-8-6-7-9-15(14)12-22-18(20-5)21-11-10-17-23-16(13-24-17)19(2,3)4/h6-9,13H,10-12H2,1-5H3,(H2,20,21,22). The SMILES string of the molecule is CN=C(NCCc1nc(C(C)(C)C)cs1)NCc1ccccc1C. The highest BCUT2D eigenvalue weighted by Crippen LogP contribution is 2.23. The van der Waals surface area contributed by atoms with Gasteiger partial charge >= 0.3 is 0 Å². The first-order valence-corrected chi connectivity index (χ1v) is 9.22. The lowest BCUT2D eigenvalue weighted by Crippen LogP contribution is -2.38. The van der Waals surface area contributed by atoms with Gasteiger partial charge in [0.25, 0.3) is 0 Å². The molecule has 0 aliphatic rings. The van der Waals surface area contributed by atoms with E-state index in [4.69, 9.17) is 4.98 Å². The molecule has 0 aliphatic carbocycles. The second-order valence-electron chi connectivity index (χ2n) is 6.91. The fourth-order valence-electron chi connectivity index (χ4n) is 2.27. The number of guanidine groups is 1. The van der Waals surface area contributed by atoms with Gasteiger partial charge in [0, 0.05) is 37.4 Å². The van der Waals surface area contributed by atoms with Crippen molar-refractivity contribution in [2.24, 2.45) is 4.99 Å². The van der Waals surface area contributed by atoms with Gasteiger partial charge in [0.1, 0.15) is 0 Å². The highest BCUT2D eigenvalue weighted by molar-refractivity contribution is 7.09. The molecular formula is C19H28N4S. The van der Waals surface area contributed by atoms with Crippen molar-refractivity contribution in [2.75, 3.05) is 13.6 Å². The third-order valence-electron chi connectivity index (χ3n) is 3.88. The maximum absolute atomic E-state index is 4.73. The summed E-state index contributed by atoms with van der Waals surface area (Å²) in [6.45, 7) is 10.3. The quantitative estimate of drug-likeness (QED) is 0.643. The molecule has 4 nitrogen and oxygen atoms in total. The number of benzene rings is 1. The first-order valence-electron chi connectivity index (χ1n) is 8.34. The smallest absolute Gasteiger partial charge is 0.191 e. The lowest BCUT2D eigenvalue weighted by Gasteiger charge is -2.14. The van der Waals surface area contributed by atoms with Crippen LogP contribution in [0.3, 0.4) is 0 Å². The summed E-state index contributed by atoms with van der Waals surface area (Å²) >= 11 is 1.74. The molecule has 0 bridgehead atoms. The fourth-order valence-corrected chi connectivity index (χ4v) is 3.29. The Kier molecular flexibility index (Phi) is 6.37. The van der Waals surface area contributed by atoms with Crippen molar-refractivity contribution in [1.29, 1.82) is 0 Å². The molecule has 0 saturated carbocycles. The molecule has 130 valence electrons. The zero-order valence-corrected chi connectivity index (χ0v) is 16.1. The first kappa shape index (κ1) is 18.5. The number of thiazole rings is 1. The molecule has 2 N–H and O–H groups in total. The minimum absolute atomic E-state index is 0.118. The molecule has 1 heterocycles. The summed E-state index contributed by atoms with van der Waals surface area (Å²) in [5, 5.41) is 10.1. The highest BCUT2D eigenvalue weighted by atomic mass is 32.1. The van der Waals surface area contributed by atoms with Crippen molar-refractivity contribution in [3.05, 3.63) is 51.5 Å². The zero-order valence-electron chi connectivity index (χ0n) is 15.3. The Balaban J connectivity index is 1.80. The minimum atomic E-state index is 0.118. The number of aryl methyl sites for hydroxylation is 1. The van der Waals surface area contributed by atoms with Crippen LogP contribution in [0.25, 0.3) is 0 Å². The minimum Gasteiger partial charge on any atom is -0.356 e. The van der Waals surface area contributed by atoms with Crippen molar-refractivity contribution in [1.82, 2.24) is 15.6 Å². The molecule has 0 spiro atoms.